The van der Waals surface area contributed by atoms with E-state index in [0.717, 1.165) is 37.2 Å². The largest absolute Gasteiger partial charge is 0.325 e. The number of hydrogen-bond acceptors (Lipinski definition) is 7. The molecule has 0 saturated heterocycles. The molecule has 0 fully saturated rings. The van der Waals surface area contributed by atoms with Crippen LogP contribution in [0.2, 0.25) is 0 Å². The first kappa shape index (κ1) is 19.0. The molecule has 0 atom stereocenters. The number of anilines is 1. The smallest absolute Gasteiger partial charge is 0.234 e. The number of hydrogen-bond donors (Lipinski definition) is 1. The maximum absolute atomic E-state index is 12.5. The Balaban J connectivity index is 1.46. The number of carbonyl (C=O) groups is 1. The second-order valence-corrected chi connectivity index (χ2v) is 9.54. The molecule has 1 aromatic carbocycles. The van der Waals surface area contributed by atoms with Crippen LogP contribution in [-0.4, -0.2) is 26.6 Å². The second-order valence-electron chi connectivity index (χ2n) is 6.31. The lowest BCUT2D eigenvalue weighted by molar-refractivity contribution is -0.113. The molecular weight excluding hydrogens is 408 g/mol. The summed E-state index contributed by atoms with van der Waals surface area (Å²) in [6.07, 6.45) is 1.57. The Bertz CT molecular complexity index is 1170. The number of aryl methyl sites for hydroxylation is 3. The molecular formula is C20H18N4OS3. The van der Waals surface area contributed by atoms with Gasteiger partial charge in [0.15, 0.2) is 0 Å². The molecule has 0 spiro atoms. The first-order valence-electron chi connectivity index (χ1n) is 8.67. The molecule has 1 amide bonds. The molecule has 0 aliphatic heterocycles. The number of thiazole rings is 1. The number of amides is 1. The zero-order valence-electron chi connectivity index (χ0n) is 15.6. The quantitative estimate of drug-likeness (QED) is 0.338. The average Bonchev–Trinajstić information content (AvgIpc) is 3.24. The van der Waals surface area contributed by atoms with Crippen LogP contribution in [-0.2, 0) is 4.79 Å². The summed E-state index contributed by atoms with van der Waals surface area (Å²) in [4.78, 5) is 27.9. The third-order valence-corrected chi connectivity index (χ3v) is 7.21. The first-order chi connectivity index (χ1) is 13.5. The van der Waals surface area contributed by atoms with Crippen LogP contribution in [0.15, 0.2) is 41.0 Å². The number of aromatic nitrogens is 3. The van der Waals surface area contributed by atoms with Crippen LogP contribution in [0, 0.1) is 20.8 Å². The van der Waals surface area contributed by atoms with Gasteiger partial charge in [-0.1, -0.05) is 23.9 Å². The Morgan fingerprint density at radius 2 is 2.07 bits per heavy atom. The van der Waals surface area contributed by atoms with Crippen molar-refractivity contribution in [2.45, 2.75) is 25.8 Å². The fourth-order valence-corrected chi connectivity index (χ4v) is 5.38. The third-order valence-electron chi connectivity index (χ3n) is 4.33. The molecule has 5 nitrogen and oxygen atoms in total. The van der Waals surface area contributed by atoms with Crippen LogP contribution in [0.4, 0.5) is 5.69 Å². The number of thioether (sulfide) groups is 1. The van der Waals surface area contributed by atoms with Crippen LogP contribution < -0.4 is 5.32 Å². The number of rotatable bonds is 5. The van der Waals surface area contributed by atoms with Gasteiger partial charge in [0, 0.05) is 26.9 Å². The molecule has 3 aromatic heterocycles. The van der Waals surface area contributed by atoms with Crippen molar-refractivity contribution in [1.82, 2.24) is 15.0 Å². The highest BCUT2D eigenvalue weighted by molar-refractivity contribution is 8.00. The van der Waals surface area contributed by atoms with Crippen LogP contribution in [0.1, 0.15) is 15.4 Å². The van der Waals surface area contributed by atoms with Crippen LogP contribution in [0.3, 0.4) is 0 Å². The number of carbonyl (C=O) groups excluding carboxylic acids is 1. The van der Waals surface area contributed by atoms with E-state index in [1.54, 1.807) is 29.0 Å². The lowest BCUT2D eigenvalue weighted by Gasteiger charge is -2.07. The van der Waals surface area contributed by atoms with Gasteiger partial charge in [0.2, 0.25) is 5.91 Å². The second kappa shape index (κ2) is 7.98. The summed E-state index contributed by atoms with van der Waals surface area (Å²) in [6, 6.07) is 7.77. The molecule has 0 unspecified atom stereocenters. The Morgan fingerprint density at radius 1 is 1.21 bits per heavy atom. The minimum atomic E-state index is -0.0621. The van der Waals surface area contributed by atoms with E-state index in [0.29, 0.717) is 5.75 Å². The fourth-order valence-electron chi connectivity index (χ4n) is 2.84. The molecule has 0 saturated carbocycles. The summed E-state index contributed by atoms with van der Waals surface area (Å²) >= 11 is 4.72. The van der Waals surface area contributed by atoms with E-state index >= 15 is 0 Å². The van der Waals surface area contributed by atoms with Gasteiger partial charge < -0.3 is 5.32 Å². The summed E-state index contributed by atoms with van der Waals surface area (Å²) in [5, 5.41) is 7.94. The van der Waals surface area contributed by atoms with Crippen LogP contribution >= 0.6 is 34.4 Å². The highest BCUT2D eigenvalue weighted by Gasteiger charge is 2.14. The van der Waals surface area contributed by atoms with Gasteiger partial charge in [0.25, 0.3) is 0 Å². The number of fused-ring (bicyclic) bond motifs is 1. The van der Waals surface area contributed by atoms with Gasteiger partial charge >= 0.3 is 0 Å². The van der Waals surface area contributed by atoms with E-state index in [1.165, 1.54) is 22.2 Å². The minimum absolute atomic E-state index is 0.0621. The molecule has 4 aromatic rings. The van der Waals surface area contributed by atoms with Crippen molar-refractivity contribution in [3.8, 4) is 11.3 Å². The monoisotopic (exact) mass is 426 g/mol. The fraction of sp³-hybridized carbons (Fsp3) is 0.200. The van der Waals surface area contributed by atoms with Gasteiger partial charge in [0.1, 0.15) is 16.2 Å². The van der Waals surface area contributed by atoms with E-state index in [1.807, 2.05) is 36.6 Å². The zero-order valence-corrected chi connectivity index (χ0v) is 18.1. The maximum atomic E-state index is 12.5. The summed E-state index contributed by atoms with van der Waals surface area (Å²) < 4.78 is 0. The third kappa shape index (κ3) is 3.94. The standard InChI is InChI=1S/C20H18N4OS3/c1-11-12(2)28-20-18(11)19(21-10-22-20)27-9-17(25)24-15-6-4-5-14(7-15)16-8-26-13(3)23-16/h4-8,10H,9H2,1-3H3,(H,24,25). The molecule has 1 N–H and O–H groups in total. The van der Waals surface area contributed by atoms with E-state index in [4.69, 9.17) is 0 Å². The van der Waals surface area contributed by atoms with Crippen molar-refractivity contribution in [2.75, 3.05) is 11.1 Å². The van der Waals surface area contributed by atoms with Gasteiger partial charge in [-0.05, 0) is 38.5 Å². The zero-order chi connectivity index (χ0) is 19.7. The molecule has 0 aliphatic rings. The van der Waals surface area contributed by atoms with Crippen molar-refractivity contribution in [3.63, 3.8) is 0 Å². The number of benzene rings is 1. The average molecular weight is 427 g/mol. The van der Waals surface area contributed by atoms with E-state index in [-0.39, 0.29) is 5.91 Å². The molecule has 0 aliphatic carbocycles. The molecule has 3 heterocycles. The van der Waals surface area contributed by atoms with E-state index in [9.17, 15) is 4.79 Å². The highest BCUT2D eigenvalue weighted by atomic mass is 32.2. The molecule has 4 rings (SSSR count). The molecule has 8 heteroatoms. The number of nitrogens with one attached hydrogen (secondary N) is 1. The van der Waals surface area contributed by atoms with Crippen LogP contribution in [0.5, 0.6) is 0 Å². The van der Waals surface area contributed by atoms with Gasteiger partial charge in [-0.2, -0.15) is 0 Å². The predicted octanol–water partition coefficient (Wildman–Crippen LogP) is 5.47. The maximum Gasteiger partial charge on any atom is 0.234 e. The highest BCUT2D eigenvalue weighted by Crippen LogP contribution is 2.34. The van der Waals surface area contributed by atoms with E-state index < -0.39 is 0 Å². The lowest BCUT2D eigenvalue weighted by atomic mass is 10.1. The molecule has 0 radical (unpaired) electrons. The topological polar surface area (TPSA) is 67.8 Å². The molecule has 28 heavy (non-hydrogen) atoms. The van der Waals surface area contributed by atoms with E-state index in [2.05, 4.69) is 34.1 Å². The minimum Gasteiger partial charge on any atom is -0.325 e. The van der Waals surface area contributed by atoms with Gasteiger partial charge in [-0.25, -0.2) is 15.0 Å². The first-order valence-corrected chi connectivity index (χ1v) is 11.4. The Morgan fingerprint density at radius 3 is 2.86 bits per heavy atom. The summed E-state index contributed by atoms with van der Waals surface area (Å²) in [7, 11) is 0. The Kier molecular flexibility index (Phi) is 5.43. The predicted molar refractivity (Wildman–Crippen MR) is 119 cm³/mol. The Labute approximate surface area is 175 Å². The van der Waals surface area contributed by atoms with Crippen molar-refractivity contribution in [1.29, 1.82) is 0 Å². The van der Waals surface area contributed by atoms with Crippen molar-refractivity contribution < 1.29 is 4.79 Å². The number of nitrogens with zero attached hydrogens (tertiary/aromatic N) is 3. The number of thiophene rings is 1. The summed E-state index contributed by atoms with van der Waals surface area (Å²) in [5.41, 5.74) is 3.88. The lowest BCUT2D eigenvalue weighted by Crippen LogP contribution is -2.14. The summed E-state index contributed by atoms with van der Waals surface area (Å²) in [5.74, 6) is 0.230. The van der Waals surface area contributed by atoms with Crippen LogP contribution in [0.25, 0.3) is 21.5 Å². The van der Waals surface area contributed by atoms with Gasteiger partial charge in [0.05, 0.1) is 16.5 Å². The molecule has 142 valence electrons. The van der Waals surface area contributed by atoms with Gasteiger partial charge in [-0.15, -0.1) is 22.7 Å². The Hall–Kier alpha value is -2.29. The van der Waals surface area contributed by atoms with Crippen molar-refractivity contribution in [3.05, 3.63) is 51.4 Å². The molecule has 0 bridgehead atoms. The van der Waals surface area contributed by atoms with Crippen molar-refractivity contribution >= 4 is 56.2 Å². The SMILES string of the molecule is Cc1nc(-c2cccc(NC(=O)CSc3ncnc4sc(C)c(C)c34)c2)cs1. The summed E-state index contributed by atoms with van der Waals surface area (Å²) in [6.45, 7) is 6.14. The van der Waals surface area contributed by atoms with Crippen molar-refractivity contribution in [2.24, 2.45) is 0 Å². The normalized spacial score (nSPS) is 11.1. The van der Waals surface area contributed by atoms with Gasteiger partial charge in [-0.3, -0.25) is 4.79 Å².